The SMILES string of the molecule is Cc1n[nH]c(C)c1S(=O)(=O)N1CC(O)(C2CC2)C1. The summed E-state index contributed by atoms with van der Waals surface area (Å²) in [5, 5.41) is 16.8. The van der Waals surface area contributed by atoms with Gasteiger partial charge in [0.25, 0.3) is 0 Å². The van der Waals surface area contributed by atoms with Gasteiger partial charge in [-0.25, -0.2) is 8.42 Å². The molecule has 100 valence electrons. The molecule has 7 heteroatoms. The van der Waals surface area contributed by atoms with Gasteiger partial charge in [-0.3, -0.25) is 5.10 Å². The predicted octanol–water partition coefficient (Wildman–Crippen LogP) is 0.172. The summed E-state index contributed by atoms with van der Waals surface area (Å²) in [5.74, 6) is 0.287. The number of β-amino-alcohol motifs (C(OH)–C–C–N with tert-alkyl or cyclic N) is 1. The maximum atomic E-state index is 12.4. The van der Waals surface area contributed by atoms with Crippen molar-refractivity contribution in [3.63, 3.8) is 0 Å². The first-order chi connectivity index (χ1) is 8.34. The number of sulfonamides is 1. The van der Waals surface area contributed by atoms with Gasteiger partial charge in [0.2, 0.25) is 10.0 Å². The normalized spacial score (nSPS) is 23.9. The summed E-state index contributed by atoms with van der Waals surface area (Å²) in [7, 11) is -3.52. The minimum absolute atomic E-state index is 0.212. The molecule has 2 fully saturated rings. The van der Waals surface area contributed by atoms with Gasteiger partial charge in [-0.2, -0.15) is 9.40 Å². The van der Waals surface area contributed by atoms with Crippen molar-refractivity contribution in [3.8, 4) is 0 Å². The molecule has 1 aliphatic heterocycles. The summed E-state index contributed by atoms with van der Waals surface area (Å²) < 4.78 is 26.1. The molecule has 1 saturated carbocycles. The van der Waals surface area contributed by atoms with Crippen LogP contribution >= 0.6 is 0 Å². The Labute approximate surface area is 106 Å². The minimum Gasteiger partial charge on any atom is -0.387 e. The van der Waals surface area contributed by atoms with Crippen LogP contribution in [0, 0.1) is 19.8 Å². The Bertz CT molecular complexity index is 563. The highest BCUT2D eigenvalue weighted by Gasteiger charge is 2.55. The number of aromatic amines is 1. The largest absolute Gasteiger partial charge is 0.387 e. The Kier molecular flexibility index (Phi) is 2.39. The molecular weight excluding hydrogens is 254 g/mol. The number of hydrogen-bond donors (Lipinski definition) is 2. The number of H-pyrrole nitrogens is 1. The highest BCUT2D eigenvalue weighted by Crippen LogP contribution is 2.46. The van der Waals surface area contributed by atoms with Crippen LogP contribution in [0.4, 0.5) is 0 Å². The zero-order chi connectivity index (χ0) is 13.1. The summed E-state index contributed by atoms with van der Waals surface area (Å²) >= 11 is 0. The first-order valence-electron chi connectivity index (χ1n) is 6.09. The summed E-state index contributed by atoms with van der Waals surface area (Å²) in [6, 6.07) is 0. The van der Waals surface area contributed by atoms with Crippen LogP contribution in [-0.2, 0) is 10.0 Å². The zero-order valence-corrected chi connectivity index (χ0v) is 11.3. The third-order valence-corrected chi connectivity index (χ3v) is 5.95. The van der Waals surface area contributed by atoms with Gasteiger partial charge in [-0.1, -0.05) is 0 Å². The van der Waals surface area contributed by atoms with Crippen molar-refractivity contribution in [2.24, 2.45) is 5.92 Å². The molecule has 1 saturated heterocycles. The van der Waals surface area contributed by atoms with Crippen LogP contribution in [0.5, 0.6) is 0 Å². The van der Waals surface area contributed by atoms with Crippen molar-refractivity contribution in [1.82, 2.24) is 14.5 Å². The minimum atomic E-state index is -3.52. The maximum absolute atomic E-state index is 12.4. The lowest BCUT2D eigenvalue weighted by Crippen LogP contribution is -2.64. The lowest BCUT2D eigenvalue weighted by molar-refractivity contribution is -0.0765. The van der Waals surface area contributed by atoms with Gasteiger partial charge in [0, 0.05) is 13.1 Å². The number of nitrogens with zero attached hydrogens (tertiary/aromatic N) is 2. The molecule has 3 rings (SSSR count). The standard InChI is InChI=1S/C11H17N3O3S/c1-7-10(8(2)13-12-7)18(16,17)14-5-11(15,6-14)9-3-4-9/h9,15H,3-6H2,1-2H3,(H,12,13). The summed E-state index contributed by atoms with van der Waals surface area (Å²) in [4.78, 5) is 0.250. The second kappa shape index (κ2) is 3.55. The molecule has 2 N–H and O–H groups in total. The maximum Gasteiger partial charge on any atom is 0.246 e. The highest BCUT2D eigenvalue weighted by molar-refractivity contribution is 7.89. The van der Waals surface area contributed by atoms with Crippen molar-refractivity contribution in [3.05, 3.63) is 11.4 Å². The summed E-state index contributed by atoms with van der Waals surface area (Å²) in [5.41, 5.74) is 0.238. The van der Waals surface area contributed by atoms with E-state index in [1.54, 1.807) is 13.8 Å². The van der Waals surface area contributed by atoms with E-state index in [0.29, 0.717) is 11.4 Å². The molecule has 0 bridgehead atoms. The van der Waals surface area contributed by atoms with E-state index in [9.17, 15) is 13.5 Å². The van der Waals surface area contributed by atoms with Crippen molar-refractivity contribution >= 4 is 10.0 Å². The number of nitrogens with one attached hydrogen (secondary N) is 1. The number of aromatic nitrogens is 2. The Balaban J connectivity index is 1.85. The van der Waals surface area contributed by atoms with Crippen molar-refractivity contribution < 1.29 is 13.5 Å². The van der Waals surface area contributed by atoms with Gasteiger partial charge in [0.1, 0.15) is 4.90 Å². The van der Waals surface area contributed by atoms with E-state index in [1.807, 2.05) is 0 Å². The topological polar surface area (TPSA) is 86.3 Å². The Morgan fingerprint density at radius 3 is 2.44 bits per heavy atom. The fourth-order valence-corrected chi connectivity index (χ4v) is 4.56. The first kappa shape index (κ1) is 12.1. The number of aliphatic hydroxyl groups is 1. The molecular formula is C11H17N3O3S. The van der Waals surface area contributed by atoms with Gasteiger partial charge in [0.15, 0.2) is 0 Å². The Morgan fingerprint density at radius 1 is 1.39 bits per heavy atom. The fraction of sp³-hybridized carbons (Fsp3) is 0.727. The summed E-state index contributed by atoms with van der Waals surface area (Å²) in [6.07, 6.45) is 2.02. The molecule has 0 spiro atoms. The predicted molar refractivity (Wildman–Crippen MR) is 64.5 cm³/mol. The second-order valence-corrected chi connectivity index (χ2v) is 7.29. The molecule has 6 nitrogen and oxygen atoms in total. The molecule has 1 aliphatic carbocycles. The molecule has 0 radical (unpaired) electrons. The Hall–Kier alpha value is -0.920. The van der Waals surface area contributed by atoms with E-state index in [0.717, 1.165) is 12.8 Å². The molecule has 0 amide bonds. The zero-order valence-electron chi connectivity index (χ0n) is 10.5. The van der Waals surface area contributed by atoms with Crippen LogP contribution in [0.2, 0.25) is 0 Å². The molecule has 18 heavy (non-hydrogen) atoms. The van der Waals surface area contributed by atoms with Crippen LogP contribution in [0.15, 0.2) is 4.90 Å². The van der Waals surface area contributed by atoms with Crippen molar-refractivity contribution in [2.45, 2.75) is 37.2 Å². The van der Waals surface area contributed by atoms with E-state index in [1.165, 1.54) is 4.31 Å². The van der Waals surface area contributed by atoms with Crippen molar-refractivity contribution in [1.29, 1.82) is 0 Å². The molecule has 1 aromatic rings. The monoisotopic (exact) mass is 271 g/mol. The van der Waals surface area contributed by atoms with Gasteiger partial charge in [0.05, 0.1) is 17.0 Å². The van der Waals surface area contributed by atoms with Crippen LogP contribution in [0.3, 0.4) is 0 Å². The lowest BCUT2D eigenvalue weighted by atomic mass is 9.91. The molecule has 0 unspecified atom stereocenters. The third-order valence-electron chi connectivity index (χ3n) is 3.90. The quantitative estimate of drug-likeness (QED) is 0.820. The summed E-state index contributed by atoms with van der Waals surface area (Å²) in [6.45, 7) is 3.79. The van der Waals surface area contributed by atoms with Crippen LogP contribution in [-0.4, -0.2) is 46.7 Å². The third kappa shape index (κ3) is 1.61. The molecule has 0 aromatic carbocycles. The van der Waals surface area contributed by atoms with E-state index in [2.05, 4.69) is 10.2 Å². The van der Waals surface area contributed by atoms with Gasteiger partial charge in [-0.15, -0.1) is 0 Å². The highest BCUT2D eigenvalue weighted by atomic mass is 32.2. The average molecular weight is 271 g/mol. The molecule has 2 heterocycles. The van der Waals surface area contributed by atoms with E-state index in [4.69, 9.17) is 0 Å². The number of aryl methyl sites for hydroxylation is 2. The average Bonchev–Trinajstić information content (AvgIpc) is 3.01. The van der Waals surface area contributed by atoms with Crippen LogP contribution < -0.4 is 0 Å². The van der Waals surface area contributed by atoms with Gasteiger partial charge in [-0.05, 0) is 32.6 Å². The second-order valence-electron chi connectivity index (χ2n) is 5.41. The molecule has 2 aliphatic rings. The first-order valence-corrected chi connectivity index (χ1v) is 7.53. The van der Waals surface area contributed by atoms with Crippen LogP contribution in [0.25, 0.3) is 0 Å². The van der Waals surface area contributed by atoms with E-state index >= 15 is 0 Å². The number of rotatable bonds is 3. The van der Waals surface area contributed by atoms with Crippen LogP contribution in [0.1, 0.15) is 24.2 Å². The van der Waals surface area contributed by atoms with Crippen molar-refractivity contribution in [2.75, 3.05) is 13.1 Å². The van der Waals surface area contributed by atoms with Gasteiger partial charge < -0.3 is 5.11 Å². The number of hydrogen-bond acceptors (Lipinski definition) is 4. The lowest BCUT2D eigenvalue weighted by Gasteiger charge is -2.45. The smallest absolute Gasteiger partial charge is 0.246 e. The molecule has 1 aromatic heterocycles. The molecule has 0 atom stereocenters. The van der Waals surface area contributed by atoms with Gasteiger partial charge >= 0.3 is 0 Å². The Morgan fingerprint density at radius 2 is 2.00 bits per heavy atom. The van der Waals surface area contributed by atoms with E-state index in [-0.39, 0.29) is 23.9 Å². The van der Waals surface area contributed by atoms with E-state index < -0.39 is 15.6 Å². The fourth-order valence-electron chi connectivity index (χ4n) is 2.66.